The number of nitrogens with two attached hydrogens (primary N) is 1. The van der Waals surface area contributed by atoms with Crippen molar-refractivity contribution in [1.29, 1.82) is 5.41 Å². The second kappa shape index (κ2) is 6.03. The van der Waals surface area contributed by atoms with Crippen LogP contribution in [0.3, 0.4) is 0 Å². The first-order valence-electron chi connectivity index (χ1n) is 6.54. The molecule has 0 amide bonds. The molecule has 0 atom stereocenters. The number of benzene rings is 2. The van der Waals surface area contributed by atoms with E-state index in [0.29, 0.717) is 23.0 Å². The van der Waals surface area contributed by atoms with Crippen LogP contribution < -0.4 is 11.1 Å². The zero-order chi connectivity index (χ0) is 15.5. The lowest BCUT2D eigenvalue weighted by Crippen LogP contribution is -1.96. The van der Waals surface area contributed by atoms with E-state index >= 15 is 0 Å². The van der Waals surface area contributed by atoms with Crippen LogP contribution in [0.1, 0.15) is 5.56 Å². The molecule has 5 nitrogen and oxygen atoms in total. The molecule has 4 N–H and O–H groups in total. The zero-order valence-corrected chi connectivity index (χ0v) is 13.1. The second-order valence-corrected chi connectivity index (χ2v) is 5.57. The smallest absolute Gasteiger partial charge is 0.299 e. The summed E-state index contributed by atoms with van der Waals surface area (Å²) in [5.41, 5.74) is 8.67. The number of hydrogen-bond donors (Lipinski definition) is 3. The van der Waals surface area contributed by atoms with E-state index < -0.39 is 0 Å². The summed E-state index contributed by atoms with van der Waals surface area (Å²) in [6.45, 7) is 0. The van der Waals surface area contributed by atoms with E-state index in [1.165, 1.54) is 6.21 Å². The fourth-order valence-electron chi connectivity index (χ4n) is 1.98. The number of oxazole rings is 1. The third-order valence-electron chi connectivity index (χ3n) is 3.13. The largest absolute Gasteiger partial charge is 0.423 e. The average molecular weight is 357 g/mol. The van der Waals surface area contributed by atoms with Crippen molar-refractivity contribution in [2.24, 2.45) is 0 Å². The van der Waals surface area contributed by atoms with Gasteiger partial charge in [0, 0.05) is 33.2 Å². The Morgan fingerprint density at radius 2 is 1.95 bits per heavy atom. The SMILES string of the molecule is N=Cc1cc(Nc2ncc(-c3ccc(Br)cc3)o2)ccc1N. The van der Waals surface area contributed by atoms with Crippen molar-refractivity contribution in [2.75, 3.05) is 11.1 Å². The number of aromatic nitrogens is 1. The van der Waals surface area contributed by atoms with Gasteiger partial charge in [-0.3, -0.25) is 0 Å². The summed E-state index contributed by atoms with van der Waals surface area (Å²) in [5, 5.41) is 10.4. The molecule has 0 fully saturated rings. The number of rotatable bonds is 4. The molecule has 0 aliphatic carbocycles. The Labute approximate surface area is 135 Å². The van der Waals surface area contributed by atoms with Crippen LogP contribution in [0.5, 0.6) is 0 Å². The Balaban J connectivity index is 1.82. The number of halogens is 1. The van der Waals surface area contributed by atoms with Crippen LogP contribution in [0.2, 0.25) is 0 Å². The molecule has 3 rings (SSSR count). The molecule has 110 valence electrons. The summed E-state index contributed by atoms with van der Waals surface area (Å²) >= 11 is 3.40. The van der Waals surface area contributed by atoms with Gasteiger partial charge in [-0.15, -0.1) is 0 Å². The van der Waals surface area contributed by atoms with Crippen molar-refractivity contribution in [3.63, 3.8) is 0 Å². The summed E-state index contributed by atoms with van der Waals surface area (Å²) in [6, 6.07) is 13.5. The second-order valence-electron chi connectivity index (χ2n) is 4.65. The Bertz CT molecular complexity index is 811. The predicted molar refractivity (Wildman–Crippen MR) is 91.7 cm³/mol. The molecule has 0 bridgehead atoms. The molecule has 6 heteroatoms. The van der Waals surface area contributed by atoms with E-state index in [1.807, 2.05) is 30.3 Å². The van der Waals surface area contributed by atoms with E-state index in [-0.39, 0.29) is 0 Å². The van der Waals surface area contributed by atoms with Gasteiger partial charge >= 0.3 is 0 Å². The highest BCUT2D eigenvalue weighted by molar-refractivity contribution is 9.10. The summed E-state index contributed by atoms with van der Waals surface area (Å²) in [4.78, 5) is 4.21. The minimum atomic E-state index is 0.388. The molecule has 1 heterocycles. The van der Waals surface area contributed by atoms with Gasteiger partial charge in [-0.2, -0.15) is 0 Å². The molecule has 0 spiro atoms. The highest BCUT2D eigenvalue weighted by atomic mass is 79.9. The predicted octanol–water partition coefficient (Wildman–Crippen LogP) is 4.43. The fourth-order valence-corrected chi connectivity index (χ4v) is 2.24. The molecule has 0 aliphatic rings. The maximum atomic E-state index is 7.32. The Morgan fingerprint density at radius 3 is 2.68 bits per heavy atom. The van der Waals surface area contributed by atoms with Crippen LogP contribution >= 0.6 is 15.9 Å². The number of nitrogens with one attached hydrogen (secondary N) is 2. The first kappa shape index (κ1) is 14.3. The highest BCUT2D eigenvalue weighted by Gasteiger charge is 2.07. The van der Waals surface area contributed by atoms with Crippen LogP contribution in [0.25, 0.3) is 11.3 Å². The van der Waals surface area contributed by atoms with Crippen molar-refractivity contribution in [1.82, 2.24) is 4.98 Å². The van der Waals surface area contributed by atoms with E-state index in [0.717, 1.165) is 15.7 Å². The van der Waals surface area contributed by atoms with Crippen molar-refractivity contribution < 1.29 is 4.42 Å². The fraction of sp³-hybridized carbons (Fsp3) is 0. The third kappa shape index (κ3) is 3.01. The average Bonchev–Trinajstić information content (AvgIpc) is 2.98. The van der Waals surface area contributed by atoms with Crippen molar-refractivity contribution in [3.05, 3.63) is 58.7 Å². The standard InChI is InChI=1S/C16H13BrN4O/c17-12-3-1-10(2-4-12)15-9-20-16(22-15)21-13-5-6-14(19)11(7-13)8-18/h1-9,18H,19H2,(H,20,21). The molecule has 22 heavy (non-hydrogen) atoms. The molecule has 1 aromatic heterocycles. The lowest BCUT2D eigenvalue weighted by atomic mass is 10.2. The van der Waals surface area contributed by atoms with Gasteiger partial charge in [0.15, 0.2) is 5.76 Å². The highest BCUT2D eigenvalue weighted by Crippen LogP contribution is 2.26. The lowest BCUT2D eigenvalue weighted by Gasteiger charge is -2.05. The Kier molecular flexibility index (Phi) is 3.93. The van der Waals surface area contributed by atoms with Crippen molar-refractivity contribution in [2.45, 2.75) is 0 Å². The molecular weight excluding hydrogens is 344 g/mol. The number of anilines is 3. The minimum Gasteiger partial charge on any atom is -0.423 e. The quantitative estimate of drug-likeness (QED) is 0.476. The summed E-state index contributed by atoms with van der Waals surface area (Å²) in [7, 11) is 0. The Hall–Kier alpha value is -2.60. The summed E-state index contributed by atoms with van der Waals surface area (Å²) < 4.78 is 6.70. The molecule has 2 aromatic carbocycles. The van der Waals surface area contributed by atoms with Gasteiger partial charge in [0.25, 0.3) is 6.01 Å². The van der Waals surface area contributed by atoms with E-state index in [4.69, 9.17) is 15.6 Å². The monoisotopic (exact) mass is 356 g/mol. The number of nitrogen functional groups attached to an aromatic ring is 1. The van der Waals surface area contributed by atoms with E-state index in [2.05, 4.69) is 26.2 Å². The topological polar surface area (TPSA) is 87.9 Å². The van der Waals surface area contributed by atoms with Crippen LogP contribution in [-0.4, -0.2) is 11.2 Å². The first-order valence-corrected chi connectivity index (χ1v) is 7.34. The maximum absolute atomic E-state index is 7.32. The van der Waals surface area contributed by atoms with Gasteiger partial charge in [0.2, 0.25) is 0 Å². The van der Waals surface area contributed by atoms with Gasteiger partial charge < -0.3 is 20.9 Å². The molecule has 0 aliphatic heterocycles. The normalized spacial score (nSPS) is 10.4. The van der Waals surface area contributed by atoms with Crippen molar-refractivity contribution >= 4 is 39.5 Å². The van der Waals surface area contributed by atoms with Crippen LogP contribution in [0.4, 0.5) is 17.4 Å². The van der Waals surface area contributed by atoms with Crippen LogP contribution in [-0.2, 0) is 0 Å². The van der Waals surface area contributed by atoms with E-state index in [9.17, 15) is 0 Å². The maximum Gasteiger partial charge on any atom is 0.299 e. The summed E-state index contributed by atoms with van der Waals surface area (Å²) in [6.07, 6.45) is 2.88. The molecule has 0 radical (unpaired) electrons. The van der Waals surface area contributed by atoms with Gasteiger partial charge in [0.05, 0.1) is 6.20 Å². The van der Waals surface area contributed by atoms with Gasteiger partial charge in [-0.25, -0.2) is 4.98 Å². The zero-order valence-electron chi connectivity index (χ0n) is 11.5. The van der Waals surface area contributed by atoms with Crippen LogP contribution in [0.15, 0.2) is 57.6 Å². The first-order chi connectivity index (χ1) is 10.7. The number of hydrogen-bond acceptors (Lipinski definition) is 5. The third-order valence-corrected chi connectivity index (χ3v) is 3.66. The van der Waals surface area contributed by atoms with Crippen molar-refractivity contribution in [3.8, 4) is 11.3 Å². The summed E-state index contributed by atoms with van der Waals surface area (Å²) in [5.74, 6) is 0.678. The molecule has 0 saturated carbocycles. The molecule has 0 unspecified atom stereocenters. The molecule has 0 saturated heterocycles. The van der Waals surface area contributed by atoms with Gasteiger partial charge in [0.1, 0.15) is 0 Å². The minimum absolute atomic E-state index is 0.388. The van der Waals surface area contributed by atoms with Gasteiger partial charge in [-0.05, 0) is 30.3 Å². The molecular formula is C16H13BrN4O. The van der Waals surface area contributed by atoms with Crippen LogP contribution in [0, 0.1) is 5.41 Å². The Morgan fingerprint density at radius 1 is 1.18 bits per heavy atom. The number of nitrogens with zero attached hydrogens (tertiary/aromatic N) is 1. The van der Waals surface area contributed by atoms with Gasteiger partial charge in [-0.1, -0.05) is 28.1 Å². The van der Waals surface area contributed by atoms with E-state index in [1.54, 1.807) is 18.3 Å². The molecule has 3 aromatic rings. The lowest BCUT2D eigenvalue weighted by molar-refractivity contribution is 0.592.